The number of nitrogens with one attached hydrogen (secondary N) is 1. The lowest BCUT2D eigenvalue weighted by Crippen LogP contribution is -2.16. The molecule has 1 aromatic rings. The van der Waals surface area contributed by atoms with Gasteiger partial charge in [0.25, 0.3) is 0 Å². The second-order valence-electron chi connectivity index (χ2n) is 3.68. The van der Waals surface area contributed by atoms with Crippen LogP contribution in [0.2, 0.25) is 0 Å². The van der Waals surface area contributed by atoms with Crippen LogP contribution in [0.1, 0.15) is 29.8 Å². The topological polar surface area (TPSA) is 68.0 Å². The van der Waals surface area contributed by atoms with Crippen LogP contribution in [0.15, 0.2) is 0 Å². The largest absolute Gasteiger partial charge is 0.330 e. The summed E-state index contributed by atoms with van der Waals surface area (Å²) in [7, 11) is 0. The number of thiazole rings is 1. The molecule has 0 radical (unpaired) electrons. The molecule has 0 saturated heterocycles. The third-order valence-electron chi connectivity index (χ3n) is 2.46. The number of rotatable bonds is 3. The molecule has 1 heterocycles. The second kappa shape index (κ2) is 4.72. The number of hydrogen-bond acceptors (Lipinski definition) is 4. The minimum Gasteiger partial charge on any atom is -0.330 e. The first-order chi connectivity index (χ1) is 7.29. The van der Waals surface area contributed by atoms with Crippen molar-refractivity contribution in [2.45, 2.75) is 32.1 Å². The van der Waals surface area contributed by atoms with Crippen LogP contribution in [0.4, 0.5) is 5.13 Å². The van der Waals surface area contributed by atoms with Gasteiger partial charge >= 0.3 is 0 Å². The number of nitrogens with two attached hydrogens (primary N) is 1. The Labute approximate surface area is 92.9 Å². The van der Waals surface area contributed by atoms with Crippen molar-refractivity contribution in [1.29, 1.82) is 0 Å². The van der Waals surface area contributed by atoms with Crippen LogP contribution in [0.5, 0.6) is 0 Å². The number of aromatic nitrogens is 1. The highest BCUT2D eigenvalue weighted by Gasteiger charge is 2.15. The molecule has 1 aromatic heterocycles. The number of nitrogens with zero attached hydrogens (tertiary/aromatic N) is 1. The molecular formula is C10H15N3OS. The summed E-state index contributed by atoms with van der Waals surface area (Å²) in [6.07, 6.45) is 4.99. The molecule has 0 bridgehead atoms. The van der Waals surface area contributed by atoms with Crippen molar-refractivity contribution in [3.8, 4) is 0 Å². The standard InChI is InChI=1S/C10H15N3OS/c11-6-5-9(14)13-10-12-7-3-1-2-4-8(7)15-10/h1-6,11H2,(H,12,13,14). The van der Waals surface area contributed by atoms with E-state index in [9.17, 15) is 4.79 Å². The maximum Gasteiger partial charge on any atom is 0.227 e. The Hall–Kier alpha value is -0.940. The van der Waals surface area contributed by atoms with E-state index in [1.807, 2.05) is 0 Å². The minimum atomic E-state index is -0.0383. The smallest absolute Gasteiger partial charge is 0.227 e. The van der Waals surface area contributed by atoms with Crippen LogP contribution in [0.3, 0.4) is 0 Å². The molecule has 1 amide bonds. The summed E-state index contributed by atoms with van der Waals surface area (Å²) >= 11 is 1.61. The molecule has 5 heteroatoms. The molecule has 0 aromatic carbocycles. The van der Waals surface area contributed by atoms with Gasteiger partial charge in [0.05, 0.1) is 5.69 Å². The number of fused-ring (bicyclic) bond motifs is 1. The maximum atomic E-state index is 11.3. The van der Waals surface area contributed by atoms with Gasteiger partial charge in [-0.1, -0.05) is 0 Å². The fourth-order valence-electron chi connectivity index (χ4n) is 1.72. The zero-order chi connectivity index (χ0) is 10.7. The van der Waals surface area contributed by atoms with Crippen molar-refractivity contribution < 1.29 is 4.79 Å². The average molecular weight is 225 g/mol. The Bertz CT molecular complexity index is 338. The molecule has 0 spiro atoms. The van der Waals surface area contributed by atoms with E-state index in [-0.39, 0.29) is 5.91 Å². The SMILES string of the molecule is NCCC(=O)Nc1nc2c(s1)CCCC2. The molecule has 0 aliphatic heterocycles. The molecule has 0 unspecified atom stereocenters. The lowest BCUT2D eigenvalue weighted by Gasteiger charge is -2.06. The van der Waals surface area contributed by atoms with Gasteiger partial charge in [-0.15, -0.1) is 11.3 Å². The van der Waals surface area contributed by atoms with Gasteiger partial charge in [0.2, 0.25) is 5.91 Å². The summed E-state index contributed by atoms with van der Waals surface area (Å²) < 4.78 is 0. The Balaban J connectivity index is 2.03. The van der Waals surface area contributed by atoms with Crippen LogP contribution in [0, 0.1) is 0 Å². The van der Waals surface area contributed by atoms with E-state index < -0.39 is 0 Å². The van der Waals surface area contributed by atoms with E-state index in [4.69, 9.17) is 5.73 Å². The molecule has 1 aliphatic rings. The van der Waals surface area contributed by atoms with Crippen molar-refractivity contribution in [1.82, 2.24) is 4.98 Å². The molecule has 3 N–H and O–H groups in total. The fourth-order valence-corrected chi connectivity index (χ4v) is 2.78. The molecule has 0 fully saturated rings. The van der Waals surface area contributed by atoms with Gasteiger partial charge in [-0.2, -0.15) is 0 Å². The summed E-state index contributed by atoms with van der Waals surface area (Å²) in [6, 6.07) is 0. The third kappa shape index (κ3) is 2.54. The first-order valence-electron chi connectivity index (χ1n) is 5.28. The summed E-state index contributed by atoms with van der Waals surface area (Å²) in [5.41, 5.74) is 6.48. The van der Waals surface area contributed by atoms with E-state index >= 15 is 0 Å². The zero-order valence-electron chi connectivity index (χ0n) is 8.58. The van der Waals surface area contributed by atoms with Gasteiger partial charge < -0.3 is 11.1 Å². The molecular weight excluding hydrogens is 210 g/mol. The molecule has 82 valence electrons. The maximum absolute atomic E-state index is 11.3. The van der Waals surface area contributed by atoms with E-state index in [1.165, 1.54) is 23.4 Å². The van der Waals surface area contributed by atoms with Crippen molar-refractivity contribution in [2.24, 2.45) is 5.73 Å². The minimum absolute atomic E-state index is 0.0383. The highest BCUT2D eigenvalue weighted by atomic mass is 32.1. The van der Waals surface area contributed by atoms with E-state index in [0.717, 1.165) is 18.0 Å². The van der Waals surface area contributed by atoms with Crippen molar-refractivity contribution in [3.63, 3.8) is 0 Å². The predicted molar refractivity (Wildman–Crippen MR) is 61.1 cm³/mol. The monoisotopic (exact) mass is 225 g/mol. The van der Waals surface area contributed by atoms with Crippen LogP contribution in [-0.2, 0) is 17.6 Å². The predicted octanol–water partition coefficient (Wildman–Crippen LogP) is 1.31. The first-order valence-corrected chi connectivity index (χ1v) is 6.09. The Morgan fingerprint density at radius 1 is 1.47 bits per heavy atom. The van der Waals surface area contributed by atoms with Crippen molar-refractivity contribution in [3.05, 3.63) is 10.6 Å². The van der Waals surface area contributed by atoms with Gasteiger partial charge in [-0.3, -0.25) is 4.79 Å². The number of amides is 1. The molecule has 15 heavy (non-hydrogen) atoms. The van der Waals surface area contributed by atoms with Crippen LogP contribution in [0.25, 0.3) is 0 Å². The van der Waals surface area contributed by atoms with Crippen LogP contribution >= 0.6 is 11.3 Å². The van der Waals surface area contributed by atoms with Gasteiger partial charge in [-0.25, -0.2) is 4.98 Å². The molecule has 0 atom stereocenters. The van der Waals surface area contributed by atoms with Crippen LogP contribution in [-0.4, -0.2) is 17.4 Å². The quantitative estimate of drug-likeness (QED) is 0.815. The molecule has 1 aliphatic carbocycles. The lowest BCUT2D eigenvalue weighted by molar-refractivity contribution is -0.116. The number of anilines is 1. The summed E-state index contributed by atoms with van der Waals surface area (Å²) in [6.45, 7) is 0.386. The summed E-state index contributed by atoms with van der Waals surface area (Å²) in [5, 5.41) is 3.52. The van der Waals surface area contributed by atoms with Gasteiger partial charge in [0.1, 0.15) is 0 Å². The fraction of sp³-hybridized carbons (Fsp3) is 0.600. The number of carbonyl (C=O) groups is 1. The highest BCUT2D eigenvalue weighted by molar-refractivity contribution is 7.15. The zero-order valence-corrected chi connectivity index (χ0v) is 9.40. The molecule has 0 saturated carbocycles. The van der Waals surface area contributed by atoms with Gasteiger partial charge in [0, 0.05) is 17.8 Å². The Morgan fingerprint density at radius 3 is 3.00 bits per heavy atom. The Morgan fingerprint density at radius 2 is 2.27 bits per heavy atom. The van der Waals surface area contributed by atoms with E-state index in [0.29, 0.717) is 13.0 Å². The van der Waals surface area contributed by atoms with Crippen molar-refractivity contribution >= 4 is 22.4 Å². The average Bonchev–Trinajstić information content (AvgIpc) is 2.59. The second-order valence-corrected chi connectivity index (χ2v) is 4.77. The first kappa shape index (κ1) is 10.6. The van der Waals surface area contributed by atoms with Crippen molar-refractivity contribution in [2.75, 3.05) is 11.9 Å². The lowest BCUT2D eigenvalue weighted by atomic mass is 10.0. The van der Waals surface area contributed by atoms with E-state index in [1.54, 1.807) is 11.3 Å². The third-order valence-corrected chi connectivity index (χ3v) is 3.54. The highest BCUT2D eigenvalue weighted by Crippen LogP contribution is 2.29. The summed E-state index contributed by atoms with van der Waals surface area (Å²) in [5.74, 6) is -0.0383. The summed E-state index contributed by atoms with van der Waals surface area (Å²) in [4.78, 5) is 17.1. The van der Waals surface area contributed by atoms with Gasteiger partial charge in [0.15, 0.2) is 5.13 Å². The number of aryl methyl sites for hydroxylation is 2. The van der Waals surface area contributed by atoms with Crippen LogP contribution < -0.4 is 11.1 Å². The van der Waals surface area contributed by atoms with Gasteiger partial charge in [-0.05, 0) is 25.7 Å². The van der Waals surface area contributed by atoms with E-state index in [2.05, 4.69) is 10.3 Å². The molecule has 2 rings (SSSR count). The normalized spacial score (nSPS) is 14.7. The Kier molecular flexibility index (Phi) is 3.33. The number of hydrogen-bond donors (Lipinski definition) is 2. The number of carbonyl (C=O) groups excluding carboxylic acids is 1. The molecule has 4 nitrogen and oxygen atoms in total.